The van der Waals surface area contributed by atoms with Crippen molar-refractivity contribution in [3.05, 3.63) is 95.1 Å². The second-order valence-electron chi connectivity index (χ2n) is 9.64. The van der Waals surface area contributed by atoms with E-state index in [1.807, 2.05) is 58.0 Å². The van der Waals surface area contributed by atoms with Crippen LogP contribution >= 0.6 is 0 Å². The highest BCUT2D eigenvalue weighted by atomic mass is 32.2. The maximum atomic E-state index is 13.9. The first kappa shape index (κ1) is 28.9. The van der Waals surface area contributed by atoms with Crippen molar-refractivity contribution in [3.8, 4) is 0 Å². The fraction of sp³-hybridized carbons (Fsp3) is 0.333. The lowest BCUT2D eigenvalue weighted by molar-refractivity contribution is -0.139. The Morgan fingerprint density at radius 1 is 0.868 bits per heavy atom. The van der Waals surface area contributed by atoms with Crippen molar-refractivity contribution >= 4 is 27.5 Å². The third kappa shape index (κ3) is 7.22. The smallest absolute Gasteiger partial charge is 0.264 e. The van der Waals surface area contributed by atoms with Crippen LogP contribution in [0.2, 0.25) is 0 Å². The van der Waals surface area contributed by atoms with E-state index < -0.39 is 28.5 Å². The molecule has 0 unspecified atom stereocenters. The largest absolute Gasteiger partial charge is 0.354 e. The van der Waals surface area contributed by atoms with Gasteiger partial charge in [0.2, 0.25) is 11.8 Å². The SMILES string of the molecule is CCCNC(=O)[C@H](C)N(Cc1cccc(C)c1)C(=O)CN(c1cccc(C)c1)S(=O)(=O)c1ccc(C)cc1. The molecule has 2 amide bonds. The van der Waals surface area contributed by atoms with Gasteiger partial charge in [0.25, 0.3) is 10.0 Å². The van der Waals surface area contributed by atoms with Gasteiger partial charge in [0.05, 0.1) is 10.6 Å². The molecular weight excluding hydrogens is 498 g/mol. The summed E-state index contributed by atoms with van der Waals surface area (Å²) in [5, 5.41) is 2.85. The Morgan fingerprint density at radius 3 is 2.11 bits per heavy atom. The maximum absolute atomic E-state index is 13.9. The Balaban J connectivity index is 2.02. The summed E-state index contributed by atoms with van der Waals surface area (Å²) < 4.78 is 28.8. The molecular formula is C30H37N3O4S. The van der Waals surface area contributed by atoms with E-state index in [-0.39, 0.29) is 17.3 Å². The highest BCUT2D eigenvalue weighted by Crippen LogP contribution is 2.25. The van der Waals surface area contributed by atoms with Crippen molar-refractivity contribution in [1.82, 2.24) is 10.2 Å². The summed E-state index contributed by atoms with van der Waals surface area (Å²) in [5.74, 6) is -0.751. The zero-order valence-corrected chi connectivity index (χ0v) is 23.6. The number of aryl methyl sites for hydroxylation is 3. The molecule has 3 aromatic rings. The van der Waals surface area contributed by atoms with Gasteiger partial charge in [0.15, 0.2) is 0 Å². The first-order valence-electron chi connectivity index (χ1n) is 12.8. The highest BCUT2D eigenvalue weighted by molar-refractivity contribution is 7.92. The lowest BCUT2D eigenvalue weighted by Crippen LogP contribution is -2.51. The fourth-order valence-electron chi connectivity index (χ4n) is 4.14. The Labute approximate surface area is 226 Å². The summed E-state index contributed by atoms with van der Waals surface area (Å²) >= 11 is 0. The van der Waals surface area contributed by atoms with Gasteiger partial charge >= 0.3 is 0 Å². The highest BCUT2D eigenvalue weighted by Gasteiger charge is 2.32. The average Bonchev–Trinajstić information content (AvgIpc) is 2.88. The van der Waals surface area contributed by atoms with Crippen LogP contribution in [0.4, 0.5) is 5.69 Å². The third-order valence-corrected chi connectivity index (χ3v) is 8.12. The summed E-state index contributed by atoms with van der Waals surface area (Å²) in [7, 11) is -4.07. The first-order valence-corrected chi connectivity index (χ1v) is 14.3. The van der Waals surface area contributed by atoms with Gasteiger partial charge in [-0.1, -0.05) is 66.6 Å². The van der Waals surface area contributed by atoms with Crippen LogP contribution in [0.3, 0.4) is 0 Å². The van der Waals surface area contributed by atoms with Gasteiger partial charge in [0.1, 0.15) is 12.6 Å². The maximum Gasteiger partial charge on any atom is 0.264 e. The third-order valence-electron chi connectivity index (χ3n) is 6.33. The number of carbonyl (C=O) groups is 2. The topological polar surface area (TPSA) is 86.8 Å². The molecule has 202 valence electrons. The second-order valence-corrected chi connectivity index (χ2v) is 11.5. The average molecular weight is 536 g/mol. The molecule has 0 bridgehead atoms. The van der Waals surface area contributed by atoms with Gasteiger partial charge in [-0.2, -0.15) is 0 Å². The summed E-state index contributed by atoms with van der Waals surface area (Å²) in [4.78, 5) is 28.4. The van der Waals surface area contributed by atoms with E-state index in [1.165, 1.54) is 4.90 Å². The summed E-state index contributed by atoms with van der Waals surface area (Å²) in [6.45, 7) is 9.55. The molecule has 0 saturated carbocycles. The number of hydrogen-bond acceptors (Lipinski definition) is 4. The van der Waals surface area contributed by atoms with E-state index in [0.717, 1.165) is 33.0 Å². The predicted octanol–water partition coefficient (Wildman–Crippen LogP) is 4.75. The Kier molecular flexibility index (Phi) is 9.69. The minimum atomic E-state index is -4.07. The van der Waals surface area contributed by atoms with Crippen molar-refractivity contribution in [2.24, 2.45) is 0 Å². The van der Waals surface area contributed by atoms with Crippen LogP contribution in [-0.4, -0.2) is 44.3 Å². The van der Waals surface area contributed by atoms with E-state index in [2.05, 4.69) is 5.32 Å². The zero-order chi connectivity index (χ0) is 27.9. The second kappa shape index (κ2) is 12.7. The molecule has 7 nitrogen and oxygen atoms in total. The number of nitrogens with zero attached hydrogens (tertiary/aromatic N) is 2. The van der Waals surface area contributed by atoms with E-state index in [4.69, 9.17) is 0 Å². The van der Waals surface area contributed by atoms with Gasteiger partial charge in [-0.25, -0.2) is 8.42 Å². The standard InChI is InChI=1S/C30H37N3O4S/c1-6-17-31-30(35)25(5)32(20-26-11-7-9-23(3)18-26)29(34)21-33(27-12-8-10-24(4)19-27)38(36,37)28-15-13-22(2)14-16-28/h7-16,18-19,25H,6,17,20-21H2,1-5H3,(H,31,35)/t25-/m0/s1. The molecule has 0 aliphatic rings. The first-order chi connectivity index (χ1) is 18.0. The molecule has 38 heavy (non-hydrogen) atoms. The van der Waals surface area contributed by atoms with Crippen LogP contribution in [0.5, 0.6) is 0 Å². The summed E-state index contributed by atoms with van der Waals surface area (Å²) in [6, 6.07) is 20.5. The lowest BCUT2D eigenvalue weighted by Gasteiger charge is -2.32. The van der Waals surface area contributed by atoms with Gasteiger partial charge in [0, 0.05) is 13.1 Å². The molecule has 1 atom stereocenters. The van der Waals surface area contributed by atoms with Crippen molar-refractivity contribution in [3.63, 3.8) is 0 Å². The Morgan fingerprint density at radius 2 is 1.50 bits per heavy atom. The number of anilines is 1. The van der Waals surface area contributed by atoms with E-state index in [1.54, 1.807) is 49.4 Å². The van der Waals surface area contributed by atoms with E-state index in [0.29, 0.717) is 12.2 Å². The molecule has 3 rings (SSSR count). The molecule has 0 fully saturated rings. The molecule has 8 heteroatoms. The number of sulfonamides is 1. The van der Waals surface area contributed by atoms with Crippen LogP contribution < -0.4 is 9.62 Å². The molecule has 0 aliphatic carbocycles. The number of nitrogens with one attached hydrogen (secondary N) is 1. The molecule has 0 aromatic heterocycles. The van der Waals surface area contributed by atoms with Crippen molar-refractivity contribution < 1.29 is 18.0 Å². The number of amides is 2. The van der Waals surface area contributed by atoms with Gasteiger partial charge in [-0.05, 0) is 69.5 Å². The number of benzene rings is 3. The van der Waals surface area contributed by atoms with Crippen LogP contribution in [0.25, 0.3) is 0 Å². The summed E-state index contributed by atoms with van der Waals surface area (Å²) in [6.07, 6.45) is 0.764. The lowest BCUT2D eigenvalue weighted by atomic mass is 10.1. The molecule has 0 spiro atoms. The van der Waals surface area contributed by atoms with Gasteiger partial charge in [-0.3, -0.25) is 13.9 Å². The minimum absolute atomic E-state index is 0.0939. The molecule has 0 aliphatic heterocycles. The van der Waals surface area contributed by atoms with Crippen molar-refractivity contribution in [2.45, 2.75) is 58.5 Å². The summed E-state index contributed by atoms with van der Waals surface area (Å²) in [5.41, 5.74) is 4.07. The monoisotopic (exact) mass is 535 g/mol. The molecule has 1 N–H and O–H groups in total. The van der Waals surface area contributed by atoms with Crippen LogP contribution in [0.1, 0.15) is 42.5 Å². The number of carbonyl (C=O) groups excluding carboxylic acids is 2. The molecule has 0 saturated heterocycles. The van der Waals surface area contributed by atoms with E-state index in [9.17, 15) is 18.0 Å². The Bertz CT molecular complexity index is 1370. The van der Waals surface area contributed by atoms with Crippen LogP contribution in [-0.2, 0) is 26.2 Å². The number of hydrogen-bond donors (Lipinski definition) is 1. The van der Waals surface area contributed by atoms with Crippen LogP contribution in [0, 0.1) is 20.8 Å². The van der Waals surface area contributed by atoms with Gasteiger partial charge < -0.3 is 10.2 Å². The normalized spacial score (nSPS) is 12.0. The fourth-order valence-corrected chi connectivity index (χ4v) is 5.54. The number of rotatable bonds is 11. The zero-order valence-electron chi connectivity index (χ0n) is 22.8. The quantitative estimate of drug-likeness (QED) is 0.384. The van der Waals surface area contributed by atoms with Crippen LogP contribution in [0.15, 0.2) is 77.7 Å². The minimum Gasteiger partial charge on any atom is -0.354 e. The molecule has 0 heterocycles. The predicted molar refractivity (Wildman–Crippen MR) is 151 cm³/mol. The van der Waals surface area contributed by atoms with Crippen molar-refractivity contribution in [1.29, 1.82) is 0 Å². The Hall–Kier alpha value is -3.65. The van der Waals surface area contributed by atoms with E-state index >= 15 is 0 Å². The van der Waals surface area contributed by atoms with Gasteiger partial charge in [-0.15, -0.1) is 0 Å². The molecule has 3 aromatic carbocycles. The molecule has 0 radical (unpaired) electrons. The van der Waals surface area contributed by atoms with Crippen molar-refractivity contribution in [2.75, 3.05) is 17.4 Å².